The summed E-state index contributed by atoms with van der Waals surface area (Å²) in [5.74, 6) is 1.18. The molecule has 1 aromatic rings. The minimum atomic E-state index is 0.388. The van der Waals surface area contributed by atoms with Crippen molar-refractivity contribution in [1.82, 2.24) is 5.32 Å². The molecule has 1 aliphatic rings. The van der Waals surface area contributed by atoms with Gasteiger partial charge in [0.05, 0.1) is 0 Å². The van der Waals surface area contributed by atoms with Crippen LogP contribution in [-0.4, -0.2) is 17.7 Å². The SMILES string of the molecule is CCCNC(Cc1cccc(O)c1)C1CCCCCCC1. The lowest BCUT2D eigenvalue weighted by molar-refractivity contribution is 0.283. The average Bonchev–Trinajstić information content (AvgIpc) is 2.43. The predicted octanol–water partition coefficient (Wildman–Crippen LogP) is 4.66. The molecule has 0 aliphatic heterocycles. The third-order valence-electron chi connectivity index (χ3n) is 4.74. The van der Waals surface area contributed by atoms with E-state index in [1.807, 2.05) is 12.1 Å². The van der Waals surface area contributed by atoms with Crippen molar-refractivity contribution in [3.63, 3.8) is 0 Å². The lowest BCUT2D eigenvalue weighted by Crippen LogP contribution is -2.39. The number of aromatic hydroxyl groups is 1. The zero-order valence-corrected chi connectivity index (χ0v) is 13.5. The molecule has 2 heteroatoms. The van der Waals surface area contributed by atoms with E-state index in [-0.39, 0.29) is 0 Å². The van der Waals surface area contributed by atoms with Crippen molar-refractivity contribution in [3.05, 3.63) is 29.8 Å². The van der Waals surface area contributed by atoms with Crippen LogP contribution in [0.15, 0.2) is 24.3 Å². The Kier molecular flexibility index (Phi) is 7.08. The standard InChI is InChI=1S/C19H31NO/c1-2-13-20-19(15-16-9-8-12-18(21)14-16)17-10-6-4-3-5-7-11-17/h8-9,12,14,17,19-21H,2-7,10-11,13,15H2,1H3. The Morgan fingerprint density at radius 3 is 2.52 bits per heavy atom. The Bertz CT molecular complexity index is 396. The molecule has 0 amide bonds. The third-order valence-corrected chi connectivity index (χ3v) is 4.74. The molecule has 118 valence electrons. The third kappa shape index (κ3) is 5.70. The Labute approximate surface area is 130 Å². The normalized spacial score (nSPS) is 18.9. The lowest BCUT2D eigenvalue weighted by Gasteiger charge is -2.30. The topological polar surface area (TPSA) is 32.3 Å². The van der Waals surface area contributed by atoms with Crippen LogP contribution >= 0.6 is 0 Å². The van der Waals surface area contributed by atoms with Gasteiger partial charge in [0.2, 0.25) is 0 Å². The van der Waals surface area contributed by atoms with E-state index in [2.05, 4.69) is 18.3 Å². The average molecular weight is 289 g/mol. The van der Waals surface area contributed by atoms with Gasteiger partial charge in [-0.05, 0) is 55.8 Å². The van der Waals surface area contributed by atoms with Crippen LogP contribution in [0.3, 0.4) is 0 Å². The van der Waals surface area contributed by atoms with Crippen LogP contribution < -0.4 is 5.32 Å². The highest BCUT2D eigenvalue weighted by Gasteiger charge is 2.22. The molecule has 0 spiro atoms. The van der Waals surface area contributed by atoms with Crippen LogP contribution in [0, 0.1) is 5.92 Å². The summed E-state index contributed by atoms with van der Waals surface area (Å²) in [4.78, 5) is 0. The van der Waals surface area contributed by atoms with Crippen molar-refractivity contribution in [2.24, 2.45) is 5.92 Å². The minimum Gasteiger partial charge on any atom is -0.508 e. The van der Waals surface area contributed by atoms with Crippen molar-refractivity contribution in [2.75, 3.05) is 6.54 Å². The highest BCUT2D eigenvalue weighted by atomic mass is 16.3. The van der Waals surface area contributed by atoms with Crippen molar-refractivity contribution in [2.45, 2.75) is 70.8 Å². The summed E-state index contributed by atoms with van der Waals surface area (Å²) in [6.07, 6.45) is 11.9. The molecule has 0 bridgehead atoms. The van der Waals surface area contributed by atoms with Crippen LogP contribution in [-0.2, 0) is 6.42 Å². The van der Waals surface area contributed by atoms with Crippen molar-refractivity contribution in [1.29, 1.82) is 0 Å². The van der Waals surface area contributed by atoms with E-state index in [1.165, 1.54) is 56.9 Å². The van der Waals surface area contributed by atoms with Crippen LogP contribution in [0.4, 0.5) is 0 Å². The molecule has 1 saturated carbocycles. The van der Waals surface area contributed by atoms with Gasteiger partial charge in [-0.2, -0.15) is 0 Å². The number of benzene rings is 1. The summed E-state index contributed by atoms with van der Waals surface area (Å²) >= 11 is 0. The number of phenolic OH excluding ortho intramolecular Hbond substituents is 1. The Morgan fingerprint density at radius 1 is 1.14 bits per heavy atom. The van der Waals surface area contributed by atoms with E-state index >= 15 is 0 Å². The zero-order chi connectivity index (χ0) is 14.9. The van der Waals surface area contributed by atoms with E-state index in [4.69, 9.17) is 0 Å². The van der Waals surface area contributed by atoms with Gasteiger partial charge < -0.3 is 10.4 Å². The largest absolute Gasteiger partial charge is 0.508 e. The van der Waals surface area contributed by atoms with Gasteiger partial charge in [0.15, 0.2) is 0 Å². The van der Waals surface area contributed by atoms with Crippen molar-refractivity contribution in [3.8, 4) is 5.75 Å². The van der Waals surface area contributed by atoms with Crippen LogP contribution in [0.2, 0.25) is 0 Å². The summed E-state index contributed by atoms with van der Waals surface area (Å²) < 4.78 is 0. The summed E-state index contributed by atoms with van der Waals surface area (Å²) in [7, 11) is 0. The Morgan fingerprint density at radius 2 is 1.86 bits per heavy atom. The van der Waals surface area contributed by atoms with Gasteiger partial charge in [0.1, 0.15) is 5.75 Å². The summed E-state index contributed by atoms with van der Waals surface area (Å²) in [6.45, 7) is 3.33. The second-order valence-electron chi connectivity index (χ2n) is 6.54. The van der Waals surface area contributed by atoms with Crippen molar-refractivity contribution < 1.29 is 5.11 Å². The summed E-state index contributed by atoms with van der Waals surface area (Å²) in [5.41, 5.74) is 1.26. The first-order chi connectivity index (χ1) is 10.3. The first kappa shape index (κ1) is 16.4. The number of hydrogen-bond donors (Lipinski definition) is 2. The van der Waals surface area contributed by atoms with E-state index in [9.17, 15) is 5.11 Å². The zero-order valence-electron chi connectivity index (χ0n) is 13.5. The molecule has 2 N–H and O–H groups in total. The fraction of sp³-hybridized carbons (Fsp3) is 0.684. The molecule has 1 aliphatic carbocycles. The van der Waals surface area contributed by atoms with Gasteiger partial charge in [0.25, 0.3) is 0 Å². The monoisotopic (exact) mass is 289 g/mol. The Balaban J connectivity index is 2.01. The molecule has 0 aromatic heterocycles. The van der Waals surface area contributed by atoms with Crippen LogP contribution in [0.5, 0.6) is 5.75 Å². The van der Waals surface area contributed by atoms with Crippen LogP contribution in [0.1, 0.15) is 63.9 Å². The maximum Gasteiger partial charge on any atom is 0.115 e. The highest BCUT2D eigenvalue weighted by Crippen LogP contribution is 2.27. The molecule has 0 heterocycles. The van der Waals surface area contributed by atoms with E-state index in [0.717, 1.165) is 18.9 Å². The molecule has 2 nitrogen and oxygen atoms in total. The van der Waals surface area contributed by atoms with Crippen LogP contribution in [0.25, 0.3) is 0 Å². The molecule has 1 unspecified atom stereocenters. The van der Waals surface area contributed by atoms with Gasteiger partial charge in [0, 0.05) is 6.04 Å². The number of hydrogen-bond acceptors (Lipinski definition) is 2. The first-order valence-electron chi connectivity index (χ1n) is 8.81. The molecule has 2 rings (SSSR count). The first-order valence-corrected chi connectivity index (χ1v) is 8.81. The predicted molar refractivity (Wildman–Crippen MR) is 89.7 cm³/mol. The minimum absolute atomic E-state index is 0.388. The maximum atomic E-state index is 9.67. The number of phenols is 1. The quantitative estimate of drug-likeness (QED) is 0.798. The molecule has 0 saturated heterocycles. The molecule has 1 aromatic carbocycles. The molecule has 0 radical (unpaired) electrons. The summed E-state index contributed by atoms with van der Waals surface area (Å²) in [5, 5.41) is 13.4. The molecule has 21 heavy (non-hydrogen) atoms. The highest BCUT2D eigenvalue weighted by molar-refractivity contribution is 5.27. The van der Waals surface area contributed by atoms with Gasteiger partial charge >= 0.3 is 0 Å². The van der Waals surface area contributed by atoms with E-state index in [1.54, 1.807) is 6.07 Å². The van der Waals surface area contributed by atoms with Gasteiger partial charge in [-0.25, -0.2) is 0 Å². The molecular formula is C19H31NO. The molecule has 1 atom stereocenters. The lowest BCUT2D eigenvalue weighted by atomic mass is 9.83. The van der Waals surface area contributed by atoms with Gasteiger partial charge in [-0.15, -0.1) is 0 Å². The van der Waals surface area contributed by atoms with E-state index in [0.29, 0.717) is 11.8 Å². The maximum absolute atomic E-state index is 9.67. The molecular weight excluding hydrogens is 258 g/mol. The smallest absolute Gasteiger partial charge is 0.115 e. The molecule has 1 fully saturated rings. The fourth-order valence-electron chi connectivity index (χ4n) is 3.56. The second-order valence-corrected chi connectivity index (χ2v) is 6.54. The number of rotatable bonds is 6. The van der Waals surface area contributed by atoms with Crippen molar-refractivity contribution >= 4 is 0 Å². The Hall–Kier alpha value is -1.02. The van der Waals surface area contributed by atoms with E-state index < -0.39 is 0 Å². The number of nitrogens with one attached hydrogen (secondary N) is 1. The fourth-order valence-corrected chi connectivity index (χ4v) is 3.56. The summed E-state index contributed by atoms with van der Waals surface area (Å²) in [6, 6.07) is 8.34. The second kappa shape index (κ2) is 9.09. The van der Waals surface area contributed by atoms with Gasteiger partial charge in [-0.1, -0.05) is 51.2 Å². The van der Waals surface area contributed by atoms with Gasteiger partial charge in [-0.3, -0.25) is 0 Å².